The molecule has 0 bridgehead atoms. The quantitative estimate of drug-likeness (QED) is 0.556. The highest BCUT2D eigenvalue weighted by Gasteiger charge is 2.14. The van der Waals surface area contributed by atoms with Crippen molar-refractivity contribution < 1.29 is 8.78 Å². The predicted molar refractivity (Wildman–Crippen MR) is 64.3 cm³/mol. The van der Waals surface area contributed by atoms with Crippen LogP contribution in [-0.4, -0.2) is 0 Å². The van der Waals surface area contributed by atoms with Crippen molar-refractivity contribution in [2.24, 2.45) is 0 Å². The number of thiophene rings is 1. The maximum atomic E-state index is 12.8. The standard InChI is InChI=1S/C13H8F2S/c14-13(15)10-6-3-5-9-8-4-1-2-7-11(8)16-12(9)10/h1-7,13H. The van der Waals surface area contributed by atoms with Gasteiger partial charge in [-0.05, 0) is 6.07 Å². The minimum atomic E-state index is -2.41. The van der Waals surface area contributed by atoms with Crippen LogP contribution >= 0.6 is 11.3 Å². The van der Waals surface area contributed by atoms with Crippen molar-refractivity contribution in [2.75, 3.05) is 0 Å². The van der Waals surface area contributed by atoms with Crippen molar-refractivity contribution >= 4 is 31.5 Å². The summed E-state index contributed by atoms with van der Waals surface area (Å²) in [4.78, 5) is 0. The van der Waals surface area contributed by atoms with E-state index in [0.29, 0.717) is 4.70 Å². The van der Waals surface area contributed by atoms with Gasteiger partial charge in [-0.25, -0.2) is 8.78 Å². The molecule has 1 aromatic heterocycles. The SMILES string of the molecule is FC(F)c1cccc2c1sc1ccccc12. The summed E-state index contributed by atoms with van der Waals surface area (Å²) in [5, 5.41) is 1.99. The first-order valence-corrected chi connectivity index (χ1v) is 5.77. The molecular formula is C13H8F2S. The molecule has 0 N–H and O–H groups in total. The second kappa shape index (κ2) is 3.52. The van der Waals surface area contributed by atoms with Crippen molar-refractivity contribution in [3.05, 3.63) is 48.0 Å². The van der Waals surface area contributed by atoms with E-state index < -0.39 is 6.43 Å². The van der Waals surface area contributed by atoms with Gasteiger partial charge in [-0.1, -0.05) is 36.4 Å². The van der Waals surface area contributed by atoms with E-state index in [1.165, 1.54) is 17.4 Å². The van der Waals surface area contributed by atoms with Crippen LogP contribution in [0.1, 0.15) is 12.0 Å². The van der Waals surface area contributed by atoms with Gasteiger partial charge in [-0.3, -0.25) is 0 Å². The highest BCUT2D eigenvalue weighted by atomic mass is 32.1. The lowest BCUT2D eigenvalue weighted by Crippen LogP contribution is -1.82. The molecule has 0 amide bonds. The zero-order valence-electron chi connectivity index (χ0n) is 8.28. The fourth-order valence-corrected chi connectivity index (χ4v) is 3.16. The molecule has 0 aliphatic rings. The Bertz CT molecular complexity index is 655. The molecule has 3 rings (SSSR count). The number of hydrogen-bond acceptors (Lipinski definition) is 1. The summed E-state index contributed by atoms with van der Waals surface area (Å²) in [6.45, 7) is 0. The molecule has 3 heteroatoms. The average molecular weight is 234 g/mol. The first-order valence-electron chi connectivity index (χ1n) is 4.95. The van der Waals surface area contributed by atoms with Crippen LogP contribution in [0.3, 0.4) is 0 Å². The molecule has 0 unspecified atom stereocenters. The summed E-state index contributed by atoms with van der Waals surface area (Å²) in [6, 6.07) is 12.9. The van der Waals surface area contributed by atoms with Crippen LogP contribution < -0.4 is 0 Å². The first kappa shape index (κ1) is 9.73. The molecule has 0 spiro atoms. The van der Waals surface area contributed by atoms with E-state index in [2.05, 4.69) is 0 Å². The maximum Gasteiger partial charge on any atom is 0.265 e. The number of halogens is 2. The molecule has 0 radical (unpaired) electrons. The molecular weight excluding hydrogens is 226 g/mol. The van der Waals surface area contributed by atoms with E-state index in [1.807, 2.05) is 30.3 Å². The van der Waals surface area contributed by atoms with Crippen molar-refractivity contribution in [3.8, 4) is 0 Å². The van der Waals surface area contributed by atoms with Crippen LogP contribution in [0.2, 0.25) is 0 Å². The van der Waals surface area contributed by atoms with Gasteiger partial charge in [0.05, 0.1) is 0 Å². The lowest BCUT2D eigenvalue weighted by atomic mass is 10.1. The number of alkyl halides is 2. The number of rotatable bonds is 1. The van der Waals surface area contributed by atoms with Gasteiger partial charge in [0.15, 0.2) is 0 Å². The van der Waals surface area contributed by atoms with Crippen molar-refractivity contribution in [2.45, 2.75) is 6.43 Å². The second-order valence-electron chi connectivity index (χ2n) is 3.62. The molecule has 0 nitrogen and oxygen atoms in total. The molecule has 2 aromatic carbocycles. The van der Waals surface area contributed by atoms with Crippen LogP contribution in [0.25, 0.3) is 20.2 Å². The average Bonchev–Trinajstić information content (AvgIpc) is 2.67. The molecule has 16 heavy (non-hydrogen) atoms. The molecule has 0 atom stereocenters. The van der Waals surface area contributed by atoms with E-state index in [9.17, 15) is 8.78 Å². The molecule has 80 valence electrons. The maximum absolute atomic E-state index is 12.8. The third kappa shape index (κ3) is 1.32. The lowest BCUT2D eigenvalue weighted by molar-refractivity contribution is 0.153. The van der Waals surface area contributed by atoms with Crippen molar-refractivity contribution in [1.29, 1.82) is 0 Å². The molecule has 0 saturated heterocycles. The predicted octanol–water partition coefficient (Wildman–Crippen LogP) is 4.99. The zero-order chi connectivity index (χ0) is 11.1. The molecule has 0 aliphatic heterocycles. The van der Waals surface area contributed by atoms with Gasteiger partial charge in [-0.2, -0.15) is 0 Å². The van der Waals surface area contributed by atoms with Gasteiger partial charge >= 0.3 is 0 Å². The first-order chi connectivity index (χ1) is 7.77. The summed E-state index contributed by atoms with van der Waals surface area (Å²) < 4.78 is 27.4. The highest BCUT2D eigenvalue weighted by Crippen LogP contribution is 2.38. The smallest absolute Gasteiger partial charge is 0.205 e. The minimum Gasteiger partial charge on any atom is -0.205 e. The van der Waals surface area contributed by atoms with E-state index in [4.69, 9.17) is 0 Å². The number of fused-ring (bicyclic) bond motifs is 3. The number of benzene rings is 2. The van der Waals surface area contributed by atoms with E-state index >= 15 is 0 Å². The fraction of sp³-hybridized carbons (Fsp3) is 0.0769. The second-order valence-corrected chi connectivity index (χ2v) is 4.68. The Balaban J connectivity index is 2.49. The number of hydrogen-bond donors (Lipinski definition) is 0. The molecule has 0 aliphatic carbocycles. The Labute approximate surface area is 95.1 Å². The Hall–Kier alpha value is -1.48. The van der Waals surface area contributed by atoms with Gasteiger partial charge in [0.1, 0.15) is 0 Å². The van der Waals surface area contributed by atoms with E-state index in [1.54, 1.807) is 6.07 Å². The van der Waals surface area contributed by atoms with Crippen LogP contribution in [-0.2, 0) is 0 Å². The molecule has 3 aromatic rings. The van der Waals surface area contributed by atoms with Gasteiger partial charge in [-0.15, -0.1) is 11.3 Å². The summed E-state index contributed by atoms with van der Waals surface area (Å²) in [7, 11) is 0. The monoisotopic (exact) mass is 234 g/mol. The minimum absolute atomic E-state index is 0.138. The Morgan fingerprint density at radius 2 is 1.62 bits per heavy atom. The van der Waals surface area contributed by atoms with Gasteiger partial charge in [0.2, 0.25) is 0 Å². The molecule has 0 saturated carbocycles. The Kier molecular flexibility index (Phi) is 2.14. The Morgan fingerprint density at radius 3 is 2.44 bits per heavy atom. The van der Waals surface area contributed by atoms with Gasteiger partial charge < -0.3 is 0 Å². The third-order valence-corrected chi connectivity index (χ3v) is 3.91. The van der Waals surface area contributed by atoms with Crippen molar-refractivity contribution in [3.63, 3.8) is 0 Å². The largest absolute Gasteiger partial charge is 0.265 e. The summed E-state index contributed by atoms with van der Waals surface area (Å²) in [5.41, 5.74) is 0.138. The summed E-state index contributed by atoms with van der Waals surface area (Å²) >= 11 is 1.44. The normalized spacial score (nSPS) is 11.7. The zero-order valence-corrected chi connectivity index (χ0v) is 9.10. The van der Waals surface area contributed by atoms with Gasteiger partial charge in [0, 0.05) is 25.7 Å². The van der Waals surface area contributed by atoms with E-state index in [0.717, 1.165) is 15.5 Å². The summed E-state index contributed by atoms with van der Waals surface area (Å²) in [6.07, 6.45) is -2.41. The van der Waals surface area contributed by atoms with Crippen LogP contribution in [0.15, 0.2) is 42.5 Å². The Morgan fingerprint density at radius 1 is 0.875 bits per heavy atom. The van der Waals surface area contributed by atoms with Crippen LogP contribution in [0.5, 0.6) is 0 Å². The van der Waals surface area contributed by atoms with Crippen molar-refractivity contribution in [1.82, 2.24) is 0 Å². The van der Waals surface area contributed by atoms with Crippen LogP contribution in [0.4, 0.5) is 8.78 Å². The summed E-state index contributed by atoms with van der Waals surface area (Å²) in [5.74, 6) is 0. The molecule has 1 heterocycles. The highest BCUT2D eigenvalue weighted by molar-refractivity contribution is 7.26. The molecule has 0 fully saturated rings. The topological polar surface area (TPSA) is 0 Å². The third-order valence-electron chi connectivity index (χ3n) is 2.67. The van der Waals surface area contributed by atoms with E-state index in [-0.39, 0.29) is 5.56 Å². The fourth-order valence-electron chi connectivity index (χ4n) is 1.94. The lowest BCUT2D eigenvalue weighted by Gasteiger charge is -2.00. The van der Waals surface area contributed by atoms with Gasteiger partial charge in [0.25, 0.3) is 6.43 Å². The van der Waals surface area contributed by atoms with Crippen LogP contribution in [0, 0.1) is 0 Å².